The zero-order chi connectivity index (χ0) is 21.8. The molecule has 2 heterocycles. The normalized spacial score (nSPS) is 11.5. The standard InChI is InChI=1S/C22H16F3N3O3/c23-22(24,25)31-17-7-4-15(5-8-17)16-6-9-19-18(13-16)21(29)28(14-27-19)11-12-30-20-3-1-2-10-26-20/h1-10,13-14H,11-12H2. The van der Waals surface area contributed by atoms with Crippen molar-refractivity contribution in [1.82, 2.24) is 14.5 Å². The number of aromatic nitrogens is 3. The van der Waals surface area contributed by atoms with Crippen LogP contribution in [0.2, 0.25) is 0 Å². The van der Waals surface area contributed by atoms with Crippen LogP contribution in [-0.4, -0.2) is 27.5 Å². The maximum absolute atomic E-state index is 12.9. The zero-order valence-corrected chi connectivity index (χ0v) is 16.0. The average Bonchev–Trinajstić information content (AvgIpc) is 2.75. The average molecular weight is 427 g/mol. The SMILES string of the molecule is O=c1c2cc(-c3ccc(OC(F)(F)F)cc3)ccc2ncn1CCOc1ccccn1. The van der Waals surface area contributed by atoms with Gasteiger partial charge in [0.05, 0.1) is 23.8 Å². The predicted octanol–water partition coefficient (Wildman–Crippen LogP) is 4.44. The number of nitrogens with zero attached hydrogens (tertiary/aromatic N) is 3. The lowest BCUT2D eigenvalue weighted by Crippen LogP contribution is -2.23. The van der Waals surface area contributed by atoms with Gasteiger partial charge in [0.15, 0.2) is 0 Å². The molecule has 6 nitrogen and oxygen atoms in total. The summed E-state index contributed by atoms with van der Waals surface area (Å²) in [6.45, 7) is 0.524. The first-order valence-electron chi connectivity index (χ1n) is 9.28. The highest BCUT2D eigenvalue weighted by Gasteiger charge is 2.30. The summed E-state index contributed by atoms with van der Waals surface area (Å²) >= 11 is 0. The Hall–Kier alpha value is -3.88. The molecule has 0 saturated heterocycles. The van der Waals surface area contributed by atoms with Gasteiger partial charge in [-0.15, -0.1) is 13.2 Å². The molecular formula is C22H16F3N3O3. The quantitative estimate of drug-likeness (QED) is 0.455. The molecule has 0 amide bonds. The fourth-order valence-corrected chi connectivity index (χ4v) is 3.03. The Labute approximate surface area is 174 Å². The van der Waals surface area contributed by atoms with Gasteiger partial charge in [-0.25, -0.2) is 9.97 Å². The highest BCUT2D eigenvalue weighted by molar-refractivity contribution is 5.83. The Morgan fingerprint density at radius 1 is 0.935 bits per heavy atom. The third kappa shape index (κ3) is 5.00. The van der Waals surface area contributed by atoms with Gasteiger partial charge in [0.2, 0.25) is 5.88 Å². The van der Waals surface area contributed by atoms with Crippen LogP contribution in [-0.2, 0) is 6.54 Å². The molecule has 0 aliphatic rings. The Morgan fingerprint density at radius 2 is 1.71 bits per heavy atom. The van der Waals surface area contributed by atoms with Crippen LogP contribution in [0.15, 0.2) is 78.0 Å². The van der Waals surface area contributed by atoms with E-state index in [-0.39, 0.29) is 24.5 Å². The summed E-state index contributed by atoms with van der Waals surface area (Å²) < 4.78 is 47.8. The highest BCUT2D eigenvalue weighted by atomic mass is 19.4. The molecule has 0 N–H and O–H groups in total. The second kappa shape index (κ2) is 8.47. The third-order valence-corrected chi connectivity index (χ3v) is 4.47. The molecule has 2 aromatic carbocycles. The molecule has 0 unspecified atom stereocenters. The van der Waals surface area contributed by atoms with E-state index in [1.165, 1.54) is 35.2 Å². The van der Waals surface area contributed by atoms with Crippen molar-refractivity contribution in [1.29, 1.82) is 0 Å². The molecule has 0 saturated carbocycles. The first kappa shape index (κ1) is 20.4. The summed E-state index contributed by atoms with van der Waals surface area (Å²) in [6.07, 6.45) is -1.68. The van der Waals surface area contributed by atoms with E-state index in [9.17, 15) is 18.0 Å². The van der Waals surface area contributed by atoms with E-state index in [0.717, 1.165) is 0 Å². The van der Waals surface area contributed by atoms with E-state index >= 15 is 0 Å². The number of hydrogen-bond acceptors (Lipinski definition) is 5. The highest BCUT2D eigenvalue weighted by Crippen LogP contribution is 2.27. The first-order chi connectivity index (χ1) is 14.9. The van der Waals surface area contributed by atoms with Gasteiger partial charge in [-0.1, -0.05) is 24.3 Å². The Balaban J connectivity index is 1.55. The van der Waals surface area contributed by atoms with Crippen molar-refractivity contribution in [2.75, 3.05) is 6.61 Å². The van der Waals surface area contributed by atoms with Crippen LogP contribution in [0.5, 0.6) is 11.6 Å². The van der Waals surface area contributed by atoms with Crippen LogP contribution < -0.4 is 15.0 Å². The second-order valence-corrected chi connectivity index (χ2v) is 6.56. The minimum absolute atomic E-state index is 0.241. The van der Waals surface area contributed by atoms with Crippen molar-refractivity contribution in [2.45, 2.75) is 12.9 Å². The molecule has 2 aromatic heterocycles. The van der Waals surface area contributed by atoms with Crippen LogP contribution in [0.25, 0.3) is 22.0 Å². The number of rotatable bonds is 6. The van der Waals surface area contributed by atoms with Crippen LogP contribution in [0.1, 0.15) is 0 Å². The number of fused-ring (bicyclic) bond motifs is 1. The van der Waals surface area contributed by atoms with Gasteiger partial charge in [-0.3, -0.25) is 9.36 Å². The van der Waals surface area contributed by atoms with Gasteiger partial charge in [0, 0.05) is 12.3 Å². The molecule has 4 rings (SSSR count). The van der Waals surface area contributed by atoms with Gasteiger partial charge < -0.3 is 9.47 Å². The molecule has 0 fully saturated rings. The minimum Gasteiger partial charge on any atom is -0.476 e. The van der Waals surface area contributed by atoms with E-state index < -0.39 is 6.36 Å². The summed E-state index contributed by atoms with van der Waals surface area (Å²) in [5.41, 5.74) is 1.60. The lowest BCUT2D eigenvalue weighted by molar-refractivity contribution is -0.274. The van der Waals surface area contributed by atoms with Crippen molar-refractivity contribution in [3.8, 4) is 22.8 Å². The van der Waals surface area contributed by atoms with Crippen LogP contribution in [0.4, 0.5) is 13.2 Å². The van der Waals surface area contributed by atoms with Crippen molar-refractivity contribution in [3.63, 3.8) is 0 Å². The first-order valence-corrected chi connectivity index (χ1v) is 9.28. The summed E-state index contributed by atoms with van der Waals surface area (Å²) in [6, 6.07) is 15.9. The molecule has 158 valence electrons. The second-order valence-electron chi connectivity index (χ2n) is 6.56. The number of ether oxygens (including phenoxy) is 2. The number of pyridine rings is 1. The monoisotopic (exact) mass is 427 g/mol. The fourth-order valence-electron chi connectivity index (χ4n) is 3.03. The molecule has 0 radical (unpaired) electrons. The van der Waals surface area contributed by atoms with Crippen LogP contribution in [0, 0.1) is 0 Å². The van der Waals surface area contributed by atoms with Gasteiger partial charge >= 0.3 is 6.36 Å². The van der Waals surface area contributed by atoms with Crippen molar-refractivity contribution in [2.24, 2.45) is 0 Å². The molecule has 0 bridgehead atoms. The summed E-state index contributed by atoms with van der Waals surface area (Å²) in [4.78, 5) is 21.2. The van der Waals surface area contributed by atoms with Crippen LogP contribution in [0.3, 0.4) is 0 Å². The molecule has 0 aliphatic carbocycles. The van der Waals surface area contributed by atoms with Crippen molar-refractivity contribution >= 4 is 10.9 Å². The third-order valence-electron chi connectivity index (χ3n) is 4.47. The number of alkyl halides is 3. The molecule has 0 atom stereocenters. The van der Waals surface area contributed by atoms with Gasteiger partial charge in [0.25, 0.3) is 5.56 Å². The summed E-state index contributed by atoms with van der Waals surface area (Å²) in [7, 11) is 0. The lowest BCUT2D eigenvalue weighted by Gasteiger charge is -2.10. The maximum Gasteiger partial charge on any atom is 0.573 e. The Morgan fingerprint density at radius 3 is 2.42 bits per heavy atom. The Bertz CT molecular complexity index is 1240. The smallest absolute Gasteiger partial charge is 0.476 e. The number of hydrogen-bond donors (Lipinski definition) is 0. The van der Waals surface area contributed by atoms with E-state index in [0.29, 0.717) is 27.9 Å². The minimum atomic E-state index is -4.75. The molecular weight excluding hydrogens is 411 g/mol. The topological polar surface area (TPSA) is 66.2 Å². The molecule has 0 spiro atoms. The van der Waals surface area contributed by atoms with Gasteiger partial charge in [-0.2, -0.15) is 0 Å². The summed E-state index contributed by atoms with van der Waals surface area (Å²) in [5, 5.41) is 0.397. The summed E-state index contributed by atoms with van der Waals surface area (Å²) in [5.74, 6) is 0.151. The van der Waals surface area contributed by atoms with Crippen LogP contribution >= 0.6 is 0 Å². The fraction of sp³-hybridized carbons (Fsp3) is 0.136. The molecule has 31 heavy (non-hydrogen) atoms. The van der Waals surface area contributed by atoms with E-state index in [1.54, 1.807) is 42.6 Å². The van der Waals surface area contributed by atoms with E-state index in [1.807, 2.05) is 0 Å². The van der Waals surface area contributed by atoms with E-state index in [2.05, 4.69) is 14.7 Å². The molecule has 9 heteroatoms. The maximum atomic E-state index is 12.9. The number of halogens is 3. The van der Waals surface area contributed by atoms with Crippen molar-refractivity contribution < 1.29 is 22.6 Å². The van der Waals surface area contributed by atoms with E-state index in [4.69, 9.17) is 4.74 Å². The Kier molecular flexibility index (Phi) is 5.57. The zero-order valence-electron chi connectivity index (χ0n) is 16.0. The van der Waals surface area contributed by atoms with Crippen molar-refractivity contribution in [3.05, 3.63) is 83.5 Å². The predicted molar refractivity (Wildman–Crippen MR) is 108 cm³/mol. The molecule has 4 aromatic rings. The number of benzene rings is 2. The molecule has 0 aliphatic heterocycles. The van der Waals surface area contributed by atoms with Gasteiger partial charge in [0.1, 0.15) is 12.4 Å². The van der Waals surface area contributed by atoms with Gasteiger partial charge in [-0.05, 0) is 41.5 Å². The largest absolute Gasteiger partial charge is 0.573 e. The lowest BCUT2D eigenvalue weighted by atomic mass is 10.0.